The van der Waals surface area contributed by atoms with Crippen LogP contribution in [0.4, 0.5) is 0 Å². The van der Waals surface area contributed by atoms with Crippen molar-refractivity contribution in [1.29, 1.82) is 0 Å². The second-order valence-electron chi connectivity index (χ2n) is 7.18. The Hall–Kier alpha value is -1.60. The van der Waals surface area contributed by atoms with Gasteiger partial charge < -0.3 is 28.8 Å². The molecule has 1 N–H and O–H groups in total. The Kier molecular flexibility index (Phi) is 2.90. The minimum Gasteiger partial charge on any atom is -0.454 e. The number of aliphatic hydroxyl groups is 1. The zero-order chi connectivity index (χ0) is 16.6. The zero-order valence-corrected chi connectivity index (χ0v) is 13.6. The standard InChI is InChI=1S/C18H20O6/c1-4-8-5-10-11(21-7-20-10)6-9(8)12-13(19)15-17(16-14(12)22-16)24-18(2,3)23-15/h4-6,12-17,19H,1,7H2,2-3H3/t12-,13+,14+,15+,16+,17+/m1/s1. The molecule has 0 spiro atoms. The fourth-order valence-corrected chi connectivity index (χ4v) is 4.22. The molecule has 0 aromatic heterocycles. The van der Waals surface area contributed by atoms with Gasteiger partial charge in [-0.3, -0.25) is 0 Å². The molecule has 1 aliphatic carbocycles. The normalized spacial score (nSPS) is 40.8. The third kappa shape index (κ3) is 1.97. The highest BCUT2D eigenvalue weighted by atomic mass is 16.8. The lowest BCUT2D eigenvalue weighted by Crippen LogP contribution is -2.48. The van der Waals surface area contributed by atoms with Crippen molar-refractivity contribution in [1.82, 2.24) is 0 Å². The summed E-state index contributed by atoms with van der Waals surface area (Å²) in [6, 6.07) is 3.82. The molecule has 6 heteroatoms. The first-order chi connectivity index (χ1) is 11.5. The third-order valence-electron chi connectivity index (χ3n) is 5.26. The molecule has 3 heterocycles. The zero-order valence-electron chi connectivity index (χ0n) is 13.6. The first-order valence-corrected chi connectivity index (χ1v) is 8.24. The van der Waals surface area contributed by atoms with E-state index in [4.69, 9.17) is 23.7 Å². The molecule has 6 nitrogen and oxygen atoms in total. The summed E-state index contributed by atoms with van der Waals surface area (Å²) in [5.41, 5.74) is 1.86. The second-order valence-corrected chi connectivity index (χ2v) is 7.18. The Bertz CT molecular complexity index is 714. The van der Waals surface area contributed by atoms with Gasteiger partial charge in [-0.05, 0) is 37.1 Å². The summed E-state index contributed by atoms with van der Waals surface area (Å²) >= 11 is 0. The second kappa shape index (κ2) is 4.73. The summed E-state index contributed by atoms with van der Waals surface area (Å²) in [5.74, 6) is 0.465. The van der Waals surface area contributed by atoms with E-state index in [9.17, 15) is 5.11 Å². The maximum Gasteiger partial charge on any atom is 0.231 e. The molecule has 128 valence electrons. The summed E-state index contributed by atoms with van der Waals surface area (Å²) < 4.78 is 28.7. The lowest BCUT2D eigenvalue weighted by atomic mass is 9.77. The quantitative estimate of drug-likeness (QED) is 0.833. The summed E-state index contributed by atoms with van der Waals surface area (Å²) in [5, 5.41) is 11.0. The largest absolute Gasteiger partial charge is 0.454 e. The summed E-state index contributed by atoms with van der Waals surface area (Å²) in [7, 11) is 0. The van der Waals surface area contributed by atoms with Crippen molar-refractivity contribution in [3.8, 4) is 11.5 Å². The highest BCUT2D eigenvalue weighted by Gasteiger charge is 2.66. The average Bonchev–Trinajstić information content (AvgIpc) is 3.05. The van der Waals surface area contributed by atoms with Gasteiger partial charge in [0.05, 0.1) is 12.2 Å². The van der Waals surface area contributed by atoms with Gasteiger partial charge in [0.15, 0.2) is 17.3 Å². The Morgan fingerprint density at radius 2 is 1.79 bits per heavy atom. The molecule has 5 rings (SSSR count). The topological polar surface area (TPSA) is 69.7 Å². The van der Waals surface area contributed by atoms with E-state index in [0.29, 0.717) is 11.5 Å². The monoisotopic (exact) mass is 332 g/mol. The van der Waals surface area contributed by atoms with Crippen molar-refractivity contribution in [2.75, 3.05) is 6.79 Å². The molecule has 3 fully saturated rings. The number of epoxide rings is 1. The highest BCUT2D eigenvalue weighted by molar-refractivity contribution is 5.61. The Morgan fingerprint density at radius 1 is 1.08 bits per heavy atom. The molecular weight excluding hydrogens is 312 g/mol. The molecule has 2 saturated heterocycles. The molecule has 1 aromatic rings. The van der Waals surface area contributed by atoms with Crippen LogP contribution >= 0.6 is 0 Å². The van der Waals surface area contributed by atoms with Crippen molar-refractivity contribution in [3.63, 3.8) is 0 Å². The van der Waals surface area contributed by atoms with Crippen LogP contribution in [0.25, 0.3) is 6.08 Å². The summed E-state index contributed by atoms with van der Waals surface area (Å²) in [6.07, 6.45) is 0.281. The van der Waals surface area contributed by atoms with E-state index < -0.39 is 18.0 Å². The van der Waals surface area contributed by atoms with Crippen molar-refractivity contribution < 1.29 is 28.8 Å². The van der Waals surface area contributed by atoms with Crippen molar-refractivity contribution in [2.45, 2.75) is 56.1 Å². The third-order valence-corrected chi connectivity index (χ3v) is 5.26. The van der Waals surface area contributed by atoms with Crippen LogP contribution in [-0.2, 0) is 14.2 Å². The molecule has 1 saturated carbocycles. The van der Waals surface area contributed by atoms with Gasteiger partial charge in [-0.25, -0.2) is 0 Å². The van der Waals surface area contributed by atoms with E-state index in [-0.39, 0.29) is 31.0 Å². The first kappa shape index (κ1) is 14.7. The SMILES string of the molecule is C=Cc1cc2c(cc1[C@@H]1[C@H](O)[C@@H]3OC(C)(C)O[C@@H]3[C@H]3O[C@H]31)OCO2. The van der Waals surface area contributed by atoms with Gasteiger partial charge in [-0.1, -0.05) is 12.7 Å². The number of benzene rings is 1. The Labute approximate surface area is 139 Å². The van der Waals surface area contributed by atoms with Gasteiger partial charge >= 0.3 is 0 Å². The van der Waals surface area contributed by atoms with Crippen molar-refractivity contribution >= 4 is 6.08 Å². The van der Waals surface area contributed by atoms with E-state index in [1.807, 2.05) is 26.0 Å². The number of hydrogen-bond acceptors (Lipinski definition) is 6. The molecule has 3 aliphatic heterocycles. The van der Waals surface area contributed by atoms with Gasteiger partial charge in [-0.15, -0.1) is 0 Å². The van der Waals surface area contributed by atoms with Crippen LogP contribution in [0.5, 0.6) is 11.5 Å². The van der Waals surface area contributed by atoms with Crippen LogP contribution in [0.3, 0.4) is 0 Å². The van der Waals surface area contributed by atoms with E-state index in [1.54, 1.807) is 6.08 Å². The number of rotatable bonds is 2. The summed E-state index contributed by atoms with van der Waals surface area (Å²) in [4.78, 5) is 0. The smallest absolute Gasteiger partial charge is 0.231 e. The van der Waals surface area contributed by atoms with Crippen LogP contribution in [-0.4, -0.2) is 48.2 Å². The Morgan fingerprint density at radius 3 is 2.54 bits per heavy atom. The van der Waals surface area contributed by atoms with Gasteiger partial charge in [0.1, 0.15) is 18.3 Å². The average molecular weight is 332 g/mol. The number of ether oxygens (including phenoxy) is 5. The van der Waals surface area contributed by atoms with E-state index in [2.05, 4.69) is 6.58 Å². The molecule has 4 aliphatic rings. The van der Waals surface area contributed by atoms with Gasteiger partial charge in [0.2, 0.25) is 6.79 Å². The van der Waals surface area contributed by atoms with E-state index in [1.165, 1.54) is 0 Å². The molecule has 24 heavy (non-hydrogen) atoms. The molecule has 0 amide bonds. The minimum atomic E-state index is -0.723. The van der Waals surface area contributed by atoms with Crippen LogP contribution in [0, 0.1) is 0 Å². The molecule has 0 bridgehead atoms. The fourth-order valence-electron chi connectivity index (χ4n) is 4.22. The van der Waals surface area contributed by atoms with Crippen LogP contribution in [0.15, 0.2) is 18.7 Å². The maximum absolute atomic E-state index is 11.0. The van der Waals surface area contributed by atoms with Gasteiger partial charge in [0, 0.05) is 5.92 Å². The summed E-state index contributed by atoms with van der Waals surface area (Å²) in [6.45, 7) is 7.82. The molecule has 0 unspecified atom stereocenters. The Balaban J connectivity index is 1.55. The fraction of sp³-hybridized carbons (Fsp3) is 0.556. The number of aliphatic hydroxyl groups excluding tert-OH is 1. The highest BCUT2D eigenvalue weighted by Crippen LogP contribution is 2.53. The van der Waals surface area contributed by atoms with E-state index >= 15 is 0 Å². The molecule has 6 atom stereocenters. The predicted octanol–water partition coefficient (Wildman–Crippen LogP) is 1.80. The predicted molar refractivity (Wildman–Crippen MR) is 83.9 cm³/mol. The number of hydrogen-bond donors (Lipinski definition) is 1. The maximum atomic E-state index is 11.0. The van der Waals surface area contributed by atoms with Crippen LogP contribution in [0.2, 0.25) is 0 Å². The van der Waals surface area contributed by atoms with Crippen LogP contribution in [0.1, 0.15) is 30.9 Å². The number of fused-ring (bicyclic) bond motifs is 4. The van der Waals surface area contributed by atoms with E-state index in [0.717, 1.165) is 11.1 Å². The van der Waals surface area contributed by atoms with Gasteiger partial charge in [-0.2, -0.15) is 0 Å². The lowest BCUT2D eigenvalue weighted by Gasteiger charge is -2.33. The first-order valence-electron chi connectivity index (χ1n) is 8.24. The molecular formula is C18H20O6. The minimum absolute atomic E-state index is 0.0479. The molecule has 1 aromatic carbocycles. The lowest BCUT2D eigenvalue weighted by molar-refractivity contribution is -0.156. The van der Waals surface area contributed by atoms with Gasteiger partial charge in [0.25, 0.3) is 0 Å². The van der Waals surface area contributed by atoms with Crippen molar-refractivity contribution in [3.05, 3.63) is 29.8 Å². The molecule has 0 radical (unpaired) electrons. The van der Waals surface area contributed by atoms with Crippen LogP contribution < -0.4 is 9.47 Å². The van der Waals surface area contributed by atoms with Crippen molar-refractivity contribution in [2.24, 2.45) is 0 Å².